The maximum Gasteiger partial charge on any atom is 0.244 e. The molecule has 0 bridgehead atoms. The monoisotopic (exact) mass is 423 g/mol. The number of carbonyl (C=O) groups excluding carboxylic acids is 1. The first-order chi connectivity index (χ1) is 14.7. The first kappa shape index (κ1) is 19.9. The Hall–Kier alpha value is -3.39. The summed E-state index contributed by atoms with van der Waals surface area (Å²) in [5.74, 6) is 2.80. The van der Waals surface area contributed by atoms with Crippen LogP contribution in [0, 0.1) is 0 Å². The van der Waals surface area contributed by atoms with Crippen molar-refractivity contribution in [3.8, 4) is 28.5 Å². The lowest BCUT2D eigenvalue weighted by Gasteiger charge is -2.02. The van der Waals surface area contributed by atoms with Gasteiger partial charge in [0.1, 0.15) is 5.75 Å². The number of aromatic amines is 1. The van der Waals surface area contributed by atoms with Gasteiger partial charge in [-0.3, -0.25) is 4.79 Å². The lowest BCUT2D eigenvalue weighted by molar-refractivity contribution is -0.116. The van der Waals surface area contributed by atoms with Crippen molar-refractivity contribution in [1.29, 1.82) is 0 Å². The largest absolute Gasteiger partial charge is 0.497 e. The number of fused-ring (bicyclic) bond motifs is 1. The van der Waals surface area contributed by atoms with E-state index in [1.165, 1.54) is 6.08 Å². The predicted molar refractivity (Wildman–Crippen MR) is 116 cm³/mol. The van der Waals surface area contributed by atoms with Gasteiger partial charge in [-0.25, -0.2) is 4.98 Å². The van der Waals surface area contributed by atoms with Crippen LogP contribution in [0.3, 0.4) is 0 Å². The molecular weight excluding hydrogens is 402 g/mol. The molecule has 0 spiro atoms. The average Bonchev–Trinajstić information content (AvgIpc) is 3.44. The Morgan fingerprint density at radius 3 is 2.90 bits per heavy atom. The van der Waals surface area contributed by atoms with Crippen molar-refractivity contribution >= 4 is 23.7 Å². The third kappa shape index (κ3) is 4.96. The van der Waals surface area contributed by atoms with Crippen LogP contribution in [0.2, 0.25) is 0 Å². The van der Waals surface area contributed by atoms with Crippen LogP contribution in [0.4, 0.5) is 0 Å². The number of thioether (sulfide) groups is 1. The molecule has 0 atom stereocenters. The van der Waals surface area contributed by atoms with Gasteiger partial charge in [-0.1, -0.05) is 17.8 Å². The van der Waals surface area contributed by atoms with E-state index in [1.807, 2.05) is 42.5 Å². The minimum atomic E-state index is -0.147. The number of H-pyrrole nitrogens is 1. The Labute approximate surface area is 178 Å². The molecule has 8 heteroatoms. The Bertz CT molecular complexity index is 1050. The minimum Gasteiger partial charge on any atom is -0.497 e. The molecule has 0 saturated carbocycles. The summed E-state index contributed by atoms with van der Waals surface area (Å²) in [6, 6.07) is 13.3. The molecule has 2 aromatic carbocycles. The van der Waals surface area contributed by atoms with Gasteiger partial charge in [-0.15, -0.1) is 0 Å². The highest BCUT2D eigenvalue weighted by atomic mass is 32.2. The van der Waals surface area contributed by atoms with Crippen LogP contribution >= 0.6 is 11.8 Å². The highest BCUT2D eigenvalue weighted by Gasteiger charge is 2.12. The van der Waals surface area contributed by atoms with Crippen molar-refractivity contribution in [2.45, 2.75) is 5.16 Å². The molecule has 4 rings (SSSR count). The fraction of sp³-hybridized carbons (Fsp3) is 0.182. The number of aromatic nitrogens is 2. The first-order valence-corrected chi connectivity index (χ1v) is 10.4. The lowest BCUT2D eigenvalue weighted by Crippen LogP contribution is -2.23. The van der Waals surface area contributed by atoms with E-state index in [2.05, 4.69) is 15.3 Å². The van der Waals surface area contributed by atoms with E-state index in [-0.39, 0.29) is 12.7 Å². The second-order valence-electron chi connectivity index (χ2n) is 6.42. The normalized spacial score (nSPS) is 12.3. The summed E-state index contributed by atoms with van der Waals surface area (Å²) in [6.45, 7) is 0.769. The summed E-state index contributed by atoms with van der Waals surface area (Å²) in [4.78, 5) is 19.7. The van der Waals surface area contributed by atoms with E-state index in [0.717, 1.165) is 33.5 Å². The molecule has 0 aliphatic carbocycles. The Morgan fingerprint density at radius 2 is 2.07 bits per heavy atom. The number of amides is 1. The van der Waals surface area contributed by atoms with Gasteiger partial charge in [0.25, 0.3) is 0 Å². The molecule has 7 nitrogen and oxygen atoms in total. The maximum atomic E-state index is 12.0. The third-order valence-electron chi connectivity index (χ3n) is 4.42. The van der Waals surface area contributed by atoms with Crippen LogP contribution in [-0.2, 0) is 4.79 Å². The molecule has 2 N–H and O–H groups in total. The van der Waals surface area contributed by atoms with E-state index in [9.17, 15) is 4.79 Å². The summed E-state index contributed by atoms with van der Waals surface area (Å²) in [5.41, 5.74) is 2.86. The number of methoxy groups -OCH3 is 1. The van der Waals surface area contributed by atoms with Gasteiger partial charge in [0.15, 0.2) is 16.7 Å². The molecule has 1 aromatic heterocycles. The maximum absolute atomic E-state index is 12.0. The summed E-state index contributed by atoms with van der Waals surface area (Å²) in [5, 5.41) is 3.68. The van der Waals surface area contributed by atoms with E-state index in [4.69, 9.17) is 14.2 Å². The van der Waals surface area contributed by atoms with Crippen LogP contribution in [0.1, 0.15) is 5.56 Å². The minimum absolute atomic E-state index is 0.147. The molecule has 0 saturated heterocycles. The van der Waals surface area contributed by atoms with E-state index in [1.54, 1.807) is 31.1 Å². The molecule has 1 aliphatic rings. The number of hydrogen-bond acceptors (Lipinski definition) is 6. The number of carbonyl (C=O) groups is 1. The number of nitrogens with one attached hydrogen (secondary N) is 2. The summed E-state index contributed by atoms with van der Waals surface area (Å²) in [6.07, 6.45) is 5.06. The standard InChI is InChI=1S/C22H21N3O4S/c1-27-17-6-4-16(5-7-17)18-13-24-22(25-18)30-11-10-23-21(26)9-3-15-2-8-19-20(12-15)29-14-28-19/h2-9,12-13H,10-11,14H2,1H3,(H,23,26)(H,24,25)/b9-3+. The molecule has 0 radical (unpaired) electrons. The smallest absolute Gasteiger partial charge is 0.244 e. The van der Waals surface area contributed by atoms with E-state index >= 15 is 0 Å². The Morgan fingerprint density at radius 1 is 1.23 bits per heavy atom. The molecule has 0 fully saturated rings. The van der Waals surface area contributed by atoms with Gasteiger partial charge >= 0.3 is 0 Å². The third-order valence-corrected chi connectivity index (χ3v) is 5.31. The Kier molecular flexibility index (Phi) is 6.24. The lowest BCUT2D eigenvalue weighted by atomic mass is 10.2. The molecule has 154 valence electrons. The predicted octanol–water partition coefficient (Wildman–Crippen LogP) is 3.74. The van der Waals surface area contributed by atoms with Crippen molar-refractivity contribution in [2.75, 3.05) is 26.2 Å². The molecule has 2 heterocycles. The van der Waals surface area contributed by atoms with Crippen LogP contribution in [0.5, 0.6) is 17.2 Å². The summed E-state index contributed by atoms with van der Waals surface area (Å²) < 4.78 is 15.8. The molecular formula is C22H21N3O4S. The van der Waals surface area contributed by atoms with E-state index in [0.29, 0.717) is 18.0 Å². The number of nitrogens with zero attached hydrogens (tertiary/aromatic N) is 1. The van der Waals surface area contributed by atoms with Gasteiger partial charge in [-0.05, 0) is 53.6 Å². The first-order valence-electron chi connectivity index (χ1n) is 9.39. The van der Waals surface area contributed by atoms with Crippen molar-refractivity contribution in [3.05, 3.63) is 60.3 Å². The molecule has 30 heavy (non-hydrogen) atoms. The number of benzene rings is 2. The highest BCUT2D eigenvalue weighted by molar-refractivity contribution is 7.99. The SMILES string of the molecule is COc1ccc(-c2cnc(SCCNC(=O)/C=C/c3ccc4c(c3)OCO4)[nH]2)cc1. The van der Waals surface area contributed by atoms with Gasteiger partial charge in [-0.2, -0.15) is 0 Å². The fourth-order valence-electron chi connectivity index (χ4n) is 2.86. The second kappa shape index (κ2) is 9.41. The quantitative estimate of drug-likeness (QED) is 0.326. The van der Waals surface area contributed by atoms with Crippen LogP contribution in [0.25, 0.3) is 17.3 Å². The van der Waals surface area contributed by atoms with Crippen molar-refractivity contribution in [1.82, 2.24) is 15.3 Å². The summed E-state index contributed by atoms with van der Waals surface area (Å²) >= 11 is 1.55. The fourth-order valence-corrected chi connectivity index (χ4v) is 3.57. The van der Waals surface area contributed by atoms with Crippen molar-refractivity contribution in [2.24, 2.45) is 0 Å². The van der Waals surface area contributed by atoms with Crippen molar-refractivity contribution < 1.29 is 19.0 Å². The second-order valence-corrected chi connectivity index (χ2v) is 7.50. The summed E-state index contributed by atoms with van der Waals surface area (Å²) in [7, 11) is 1.64. The van der Waals surface area contributed by atoms with Gasteiger partial charge in [0.05, 0.1) is 19.0 Å². The van der Waals surface area contributed by atoms with Crippen LogP contribution in [0.15, 0.2) is 59.9 Å². The highest BCUT2D eigenvalue weighted by Crippen LogP contribution is 2.32. The topological polar surface area (TPSA) is 85.5 Å². The van der Waals surface area contributed by atoms with Gasteiger partial charge in [0, 0.05) is 18.4 Å². The number of rotatable bonds is 8. The number of hydrogen-bond donors (Lipinski definition) is 2. The molecule has 1 aliphatic heterocycles. The zero-order valence-electron chi connectivity index (χ0n) is 16.4. The average molecular weight is 423 g/mol. The van der Waals surface area contributed by atoms with Crippen LogP contribution in [-0.4, -0.2) is 42.1 Å². The molecule has 1 amide bonds. The zero-order valence-corrected chi connectivity index (χ0v) is 17.2. The van der Waals surface area contributed by atoms with Crippen molar-refractivity contribution in [3.63, 3.8) is 0 Å². The van der Waals surface area contributed by atoms with Gasteiger partial charge < -0.3 is 24.5 Å². The number of ether oxygens (including phenoxy) is 3. The van der Waals surface area contributed by atoms with E-state index < -0.39 is 0 Å². The molecule has 3 aromatic rings. The number of imidazole rings is 1. The van der Waals surface area contributed by atoms with Gasteiger partial charge in [0.2, 0.25) is 12.7 Å². The molecule has 0 unspecified atom stereocenters. The van der Waals surface area contributed by atoms with Crippen LogP contribution < -0.4 is 19.5 Å². The zero-order chi connectivity index (χ0) is 20.8. The Balaban J connectivity index is 1.21.